The standard InChI is InChI=1S/C14H17NO3/c1-10(2)14(11-6-4-3-5-7-11)15-12(16)8-9-13(17)18/h3-10,14H,1-2H3,(H,15,16)(H,17,18)/b9-8+. The van der Waals surface area contributed by atoms with Gasteiger partial charge in [0.2, 0.25) is 5.91 Å². The first-order valence-corrected chi connectivity index (χ1v) is 5.77. The normalized spacial score (nSPS) is 12.6. The van der Waals surface area contributed by atoms with Gasteiger partial charge in [0.05, 0.1) is 6.04 Å². The third-order valence-electron chi connectivity index (χ3n) is 2.50. The van der Waals surface area contributed by atoms with Crippen molar-refractivity contribution in [2.24, 2.45) is 5.92 Å². The van der Waals surface area contributed by atoms with Crippen molar-refractivity contribution >= 4 is 11.9 Å². The summed E-state index contributed by atoms with van der Waals surface area (Å²) in [5.41, 5.74) is 1.00. The van der Waals surface area contributed by atoms with E-state index < -0.39 is 11.9 Å². The number of benzene rings is 1. The molecule has 0 aliphatic rings. The average molecular weight is 247 g/mol. The first-order valence-electron chi connectivity index (χ1n) is 5.77. The number of hydrogen-bond acceptors (Lipinski definition) is 2. The Labute approximate surface area is 106 Å². The lowest BCUT2D eigenvalue weighted by molar-refractivity contribution is -0.131. The summed E-state index contributed by atoms with van der Waals surface area (Å²) >= 11 is 0. The number of aliphatic carboxylic acids is 1. The van der Waals surface area contributed by atoms with Gasteiger partial charge in [-0.15, -0.1) is 0 Å². The van der Waals surface area contributed by atoms with Crippen molar-refractivity contribution in [2.45, 2.75) is 19.9 Å². The van der Waals surface area contributed by atoms with E-state index in [0.29, 0.717) is 0 Å². The summed E-state index contributed by atoms with van der Waals surface area (Å²) in [4.78, 5) is 21.9. The zero-order valence-electron chi connectivity index (χ0n) is 10.5. The number of rotatable bonds is 5. The highest BCUT2D eigenvalue weighted by Crippen LogP contribution is 2.21. The molecule has 0 aliphatic carbocycles. The van der Waals surface area contributed by atoms with E-state index in [1.165, 1.54) is 0 Å². The Morgan fingerprint density at radius 1 is 1.17 bits per heavy atom. The molecule has 2 N–H and O–H groups in total. The molecule has 1 amide bonds. The fraction of sp³-hybridized carbons (Fsp3) is 0.286. The number of carboxylic acid groups (broad SMARTS) is 1. The molecular formula is C14H17NO3. The Balaban J connectivity index is 2.76. The van der Waals surface area contributed by atoms with Crippen LogP contribution in [0.2, 0.25) is 0 Å². The molecule has 96 valence electrons. The molecule has 4 heteroatoms. The molecular weight excluding hydrogens is 230 g/mol. The summed E-state index contributed by atoms with van der Waals surface area (Å²) < 4.78 is 0. The fourth-order valence-corrected chi connectivity index (χ4v) is 1.64. The predicted octanol–water partition coefficient (Wildman–Crippen LogP) is 2.14. The van der Waals surface area contributed by atoms with Crippen molar-refractivity contribution in [1.82, 2.24) is 5.32 Å². The highest BCUT2D eigenvalue weighted by atomic mass is 16.4. The maximum atomic E-state index is 11.6. The average Bonchev–Trinajstić information content (AvgIpc) is 2.34. The molecule has 1 unspecified atom stereocenters. The Hall–Kier alpha value is -2.10. The predicted molar refractivity (Wildman–Crippen MR) is 68.9 cm³/mol. The van der Waals surface area contributed by atoms with E-state index in [9.17, 15) is 9.59 Å². The van der Waals surface area contributed by atoms with Gasteiger partial charge in [-0.2, -0.15) is 0 Å². The summed E-state index contributed by atoms with van der Waals surface area (Å²) in [5, 5.41) is 11.3. The summed E-state index contributed by atoms with van der Waals surface area (Å²) in [6.07, 6.45) is 1.86. The van der Waals surface area contributed by atoms with Crippen molar-refractivity contribution in [2.75, 3.05) is 0 Å². The van der Waals surface area contributed by atoms with Crippen LogP contribution in [0.15, 0.2) is 42.5 Å². The molecule has 0 aliphatic heterocycles. The Bertz CT molecular complexity index is 438. The van der Waals surface area contributed by atoms with Gasteiger partial charge >= 0.3 is 5.97 Å². The van der Waals surface area contributed by atoms with Gasteiger partial charge in [-0.1, -0.05) is 44.2 Å². The molecule has 0 saturated carbocycles. The van der Waals surface area contributed by atoms with Gasteiger partial charge in [0.15, 0.2) is 0 Å². The largest absolute Gasteiger partial charge is 0.478 e. The number of carbonyl (C=O) groups excluding carboxylic acids is 1. The van der Waals surface area contributed by atoms with Crippen LogP contribution in [0.5, 0.6) is 0 Å². The maximum Gasteiger partial charge on any atom is 0.328 e. The second-order valence-corrected chi connectivity index (χ2v) is 4.31. The van der Waals surface area contributed by atoms with Gasteiger partial charge < -0.3 is 10.4 Å². The van der Waals surface area contributed by atoms with E-state index in [1.54, 1.807) is 0 Å². The number of nitrogens with one attached hydrogen (secondary N) is 1. The van der Waals surface area contributed by atoms with E-state index >= 15 is 0 Å². The molecule has 0 saturated heterocycles. The number of carboxylic acids is 1. The van der Waals surface area contributed by atoms with Gasteiger partial charge in [0, 0.05) is 12.2 Å². The van der Waals surface area contributed by atoms with Crippen LogP contribution >= 0.6 is 0 Å². The summed E-state index contributed by atoms with van der Waals surface area (Å²) in [7, 11) is 0. The lowest BCUT2D eigenvalue weighted by Gasteiger charge is -2.22. The molecule has 0 heterocycles. The van der Waals surface area contributed by atoms with Gasteiger partial charge in [0.1, 0.15) is 0 Å². The van der Waals surface area contributed by atoms with Crippen LogP contribution in [-0.4, -0.2) is 17.0 Å². The SMILES string of the molecule is CC(C)C(NC(=O)/C=C/C(=O)O)c1ccccc1. The molecule has 0 bridgehead atoms. The van der Waals surface area contributed by atoms with E-state index in [1.807, 2.05) is 44.2 Å². The van der Waals surface area contributed by atoms with E-state index in [4.69, 9.17) is 5.11 Å². The molecule has 0 aromatic heterocycles. The van der Waals surface area contributed by atoms with E-state index in [0.717, 1.165) is 17.7 Å². The molecule has 4 nitrogen and oxygen atoms in total. The fourth-order valence-electron chi connectivity index (χ4n) is 1.64. The second-order valence-electron chi connectivity index (χ2n) is 4.31. The zero-order valence-corrected chi connectivity index (χ0v) is 10.5. The van der Waals surface area contributed by atoms with Crippen LogP contribution < -0.4 is 5.32 Å². The first kappa shape index (κ1) is 14.0. The lowest BCUT2D eigenvalue weighted by atomic mass is 9.96. The van der Waals surface area contributed by atoms with Gasteiger partial charge in [0.25, 0.3) is 0 Å². The summed E-state index contributed by atoms with van der Waals surface area (Å²) in [6.45, 7) is 4.00. The lowest BCUT2D eigenvalue weighted by Crippen LogP contribution is -2.30. The molecule has 0 radical (unpaired) electrons. The smallest absolute Gasteiger partial charge is 0.328 e. The first-order chi connectivity index (χ1) is 8.50. The minimum absolute atomic E-state index is 0.128. The van der Waals surface area contributed by atoms with Crippen LogP contribution in [0.4, 0.5) is 0 Å². The van der Waals surface area contributed by atoms with Crippen LogP contribution in [0.1, 0.15) is 25.5 Å². The van der Waals surface area contributed by atoms with E-state index in [-0.39, 0.29) is 12.0 Å². The number of amides is 1. The van der Waals surface area contributed by atoms with Crippen molar-refractivity contribution in [3.63, 3.8) is 0 Å². The molecule has 0 fully saturated rings. The van der Waals surface area contributed by atoms with Crippen LogP contribution in [-0.2, 0) is 9.59 Å². The Kier molecular flexibility index (Phi) is 5.11. The quantitative estimate of drug-likeness (QED) is 0.783. The molecule has 1 aromatic rings. The molecule has 1 rings (SSSR count). The molecule has 1 atom stereocenters. The zero-order chi connectivity index (χ0) is 13.5. The highest BCUT2D eigenvalue weighted by Gasteiger charge is 2.16. The van der Waals surface area contributed by atoms with Crippen LogP contribution in [0, 0.1) is 5.92 Å². The summed E-state index contributed by atoms with van der Waals surface area (Å²) in [5.74, 6) is -1.32. The monoisotopic (exact) mass is 247 g/mol. The van der Waals surface area contributed by atoms with Crippen molar-refractivity contribution in [3.8, 4) is 0 Å². The minimum Gasteiger partial charge on any atom is -0.478 e. The second kappa shape index (κ2) is 6.59. The van der Waals surface area contributed by atoms with Crippen molar-refractivity contribution in [1.29, 1.82) is 0 Å². The van der Waals surface area contributed by atoms with Crippen LogP contribution in [0.3, 0.4) is 0 Å². The Morgan fingerprint density at radius 3 is 2.28 bits per heavy atom. The maximum absolute atomic E-state index is 11.6. The molecule has 18 heavy (non-hydrogen) atoms. The third kappa shape index (κ3) is 4.41. The van der Waals surface area contributed by atoms with Crippen molar-refractivity contribution < 1.29 is 14.7 Å². The number of hydrogen-bond donors (Lipinski definition) is 2. The van der Waals surface area contributed by atoms with E-state index in [2.05, 4.69) is 5.32 Å². The van der Waals surface area contributed by atoms with Gasteiger partial charge in [-0.25, -0.2) is 4.79 Å². The minimum atomic E-state index is -1.13. The number of carbonyl (C=O) groups is 2. The van der Waals surface area contributed by atoms with Crippen LogP contribution in [0.25, 0.3) is 0 Å². The Morgan fingerprint density at radius 2 is 1.78 bits per heavy atom. The van der Waals surface area contributed by atoms with Gasteiger partial charge in [-0.3, -0.25) is 4.79 Å². The third-order valence-corrected chi connectivity index (χ3v) is 2.50. The topological polar surface area (TPSA) is 66.4 Å². The molecule has 0 spiro atoms. The highest BCUT2D eigenvalue weighted by molar-refractivity contribution is 5.94. The summed E-state index contributed by atoms with van der Waals surface area (Å²) in [6, 6.07) is 9.47. The van der Waals surface area contributed by atoms with Crippen molar-refractivity contribution in [3.05, 3.63) is 48.0 Å². The molecule has 1 aromatic carbocycles. The van der Waals surface area contributed by atoms with Gasteiger partial charge in [-0.05, 0) is 11.5 Å².